The molecule has 2 heterocycles. The zero-order valence-corrected chi connectivity index (χ0v) is 11.8. The Morgan fingerprint density at radius 3 is 2.83 bits per heavy atom. The van der Waals surface area contributed by atoms with Crippen molar-refractivity contribution in [1.82, 2.24) is 14.5 Å². The van der Waals surface area contributed by atoms with E-state index in [2.05, 4.69) is 38.7 Å². The van der Waals surface area contributed by atoms with Crippen molar-refractivity contribution in [3.05, 3.63) is 40.6 Å². The molecule has 2 aromatic heterocycles. The van der Waals surface area contributed by atoms with Crippen LogP contribution in [0.25, 0.3) is 0 Å². The van der Waals surface area contributed by atoms with Crippen LogP contribution in [0.2, 0.25) is 0 Å². The highest BCUT2D eigenvalue weighted by Gasteiger charge is 2.15. The highest BCUT2D eigenvalue weighted by Crippen LogP contribution is 2.25. The number of nitrogens with zero attached hydrogens (tertiary/aromatic N) is 3. The van der Waals surface area contributed by atoms with Crippen LogP contribution < -0.4 is 5.32 Å². The van der Waals surface area contributed by atoms with Gasteiger partial charge in [0.2, 0.25) is 5.95 Å². The molecule has 4 nitrogen and oxygen atoms in total. The number of nitrogens with one attached hydrogen (secondary N) is 1. The predicted octanol–water partition coefficient (Wildman–Crippen LogP) is 3.16. The van der Waals surface area contributed by atoms with Gasteiger partial charge in [0.15, 0.2) is 0 Å². The van der Waals surface area contributed by atoms with E-state index in [1.54, 1.807) is 11.3 Å². The maximum absolute atomic E-state index is 4.54. The number of hydrogen-bond acceptors (Lipinski definition) is 4. The second-order valence-corrected chi connectivity index (χ2v) is 5.18. The van der Waals surface area contributed by atoms with Gasteiger partial charge in [0.25, 0.3) is 0 Å². The summed E-state index contributed by atoms with van der Waals surface area (Å²) >= 11 is 1.69. The summed E-state index contributed by atoms with van der Waals surface area (Å²) in [5, 5.41) is 6.43. The molecule has 0 saturated carbocycles. The van der Waals surface area contributed by atoms with E-state index in [1.165, 1.54) is 0 Å². The first-order chi connectivity index (χ1) is 8.61. The van der Waals surface area contributed by atoms with Gasteiger partial charge >= 0.3 is 0 Å². The average Bonchev–Trinajstić information content (AvgIpc) is 2.92. The number of aromatic nitrogens is 3. The van der Waals surface area contributed by atoms with E-state index in [0.29, 0.717) is 6.54 Å². The normalized spacial score (nSPS) is 12.4. The van der Waals surface area contributed by atoms with Gasteiger partial charge in [-0.05, 0) is 20.8 Å². The van der Waals surface area contributed by atoms with Gasteiger partial charge in [0.05, 0.1) is 11.7 Å². The fourth-order valence-electron chi connectivity index (χ4n) is 1.79. The lowest BCUT2D eigenvalue weighted by molar-refractivity contribution is 0.638. The van der Waals surface area contributed by atoms with E-state index >= 15 is 0 Å². The third kappa shape index (κ3) is 2.61. The Bertz CT molecular complexity index is 541. The van der Waals surface area contributed by atoms with Crippen molar-refractivity contribution in [2.45, 2.75) is 26.8 Å². The van der Waals surface area contributed by atoms with Crippen LogP contribution in [-0.2, 0) is 0 Å². The number of aryl methyl sites for hydroxylation is 2. The Morgan fingerprint density at radius 2 is 2.22 bits per heavy atom. The number of anilines is 1. The molecule has 0 aliphatic carbocycles. The molecule has 1 unspecified atom stereocenters. The topological polar surface area (TPSA) is 42.7 Å². The minimum atomic E-state index is 0.192. The van der Waals surface area contributed by atoms with E-state index in [0.717, 1.165) is 22.3 Å². The molecule has 18 heavy (non-hydrogen) atoms. The molecular weight excluding hydrogens is 244 g/mol. The van der Waals surface area contributed by atoms with E-state index < -0.39 is 0 Å². The zero-order valence-electron chi connectivity index (χ0n) is 11.0. The third-order valence-corrected chi connectivity index (χ3v) is 3.80. The molecule has 0 amide bonds. The van der Waals surface area contributed by atoms with Crippen molar-refractivity contribution in [2.75, 3.05) is 11.9 Å². The summed E-state index contributed by atoms with van der Waals surface area (Å²) in [4.78, 5) is 9.02. The maximum Gasteiger partial charge on any atom is 0.203 e. The molecule has 0 aromatic carbocycles. The van der Waals surface area contributed by atoms with E-state index in [9.17, 15) is 0 Å². The van der Waals surface area contributed by atoms with Gasteiger partial charge in [-0.15, -0.1) is 17.9 Å². The number of imidazole rings is 1. The van der Waals surface area contributed by atoms with Crippen LogP contribution in [0.15, 0.2) is 24.2 Å². The fourth-order valence-corrected chi connectivity index (χ4v) is 2.64. The van der Waals surface area contributed by atoms with Crippen LogP contribution in [0, 0.1) is 13.8 Å². The first-order valence-electron chi connectivity index (χ1n) is 5.94. The highest BCUT2D eigenvalue weighted by molar-refractivity contribution is 7.09. The van der Waals surface area contributed by atoms with E-state index in [4.69, 9.17) is 0 Å². The maximum atomic E-state index is 4.54. The van der Waals surface area contributed by atoms with Crippen molar-refractivity contribution in [3.63, 3.8) is 0 Å². The molecule has 0 fully saturated rings. The number of hydrogen-bond donors (Lipinski definition) is 1. The van der Waals surface area contributed by atoms with Crippen LogP contribution in [0.5, 0.6) is 0 Å². The van der Waals surface area contributed by atoms with Gasteiger partial charge < -0.3 is 9.88 Å². The lowest BCUT2D eigenvalue weighted by atomic mass is 10.3. The minimum Gasteiger partial charge on any atom is -0.352 e. The molecule has 0 aliphatic rings. The van der Waals surface area contributed by atoms with Crippen LogP contribution in [-0.4, -0.2) is 21.1 Å². The van der Waals surface area contributed by atoms with Crippen molar-refractivity contribution in [3.8, 4) is 0 Å². The second-order valence-electron chi connectivity index (χ2n) is 4.29. The van der Waals surface area contributed by atoms with Crippen molar-refractivity contribution >= 4 is 17.3 Å². The van der Waals surface area contributed by atoms with E-state index in [-0.39, 0.29) is 6.04 Å². The van der Waals surface area contributed by atoms with Crippen LogP contribution in [0.4, 0.5) is 5.95 Å². The summed E-state index contributed by atoms with van der Waals surface area (Å²) in [6.45, 7) is 10.6. The quantitative estimate of drug-likeness (QED) is 0.842. The Balaban J connectivity index is 2.28. The summed E-state index contributed by atoms with van der Waals surface area (Å²) in [5.74, 6) is 0.868. The zero-order chi connectivity index (χ0) is 13.1. The first-order valence-corrected chi connectivity index (χ1v) is 6.82. The standard InChI is InChI=1S/C13H18N4S/c1-5-6-14-13-16-9(2)7-17(13)11(4)12-15-10(3)8-18-12/h5,7-8,11H,1,6H2,2-4H3,(H,14,16). The van der Waals surface area contributed by atoms with Gasteiger partial charge in [-0.1, -0.05) is 6.08 Å². The molecule has 0 spiro atoms. The Hall–Kier alpha value is -1.62. The molecule has 5 heteroatoms. The summed E-state index contributed by atoms with van der Waals surface area (Å²) in [6.07, 6.45) is 3.87. The largest absolute Gasteiger partial charge is 0.352 e. The Kier molecular flexibility index (Phi) is 3.81. The molecule has 1 N–H and O–H groups in total. The summed E-state index contributed by atoms with van der Waals surface area (Å²) in [5.41, 5.74) is 2.07. The minimum absolute atomic E-state index is 0.192. The summed E-state index contributed by atoms with van der Waals surface area (Å²) in [6, 6.07) is 0.192. The van der Waals surface area contributed by atoms with Gasteiger partial charge in [-0.25, -0.2) is 9.97 Å². The second kappa shape index (κ2) is 5.35. The van der Waals surface area contributed by atoms with Gasteiger partial charge in [-0.2, -0.15) is 0 Å². The molecule has 0 saturated heterocycles. The predicted molar refractivity (Wildman–Crippen MR) is 76.3 cm³/mol. The van der Waals surface area contributed by atoms with Crippen molar-refractivity contribution in [2.24, 2.45) is 0 Å². The van der Waals surface area contributed by atoms with Crippen LogP contribution >= 0.6 is 11.3 Å². The molecular formula is C13H18N4S. The van der Waals surface area contributed by atoms with Gasteiger partial charge in [0, 0.05) is 23.8 Å². The Morgan fingerprint density at radius 1 is 1.44 bits per heavy atom. The number of thiazole rings is 1. The molecule has 0 radical (unpaired) electrons. The first kappa shape index (κ1) is 12.8. The SMILES string of the molecule is C=CCNc1nc(C)cn1C(C)c1nc(C)cs1. The molecule has 0 bridgehead atoms. The Labute approximate surface area is 111 Å². The molecule has 1 atom stereocenters. The summed E-state index contributed by atoms with van der Waals surface area (Å²) in [7, 11) is 0. The van der Waals surface area contributed by atoms with Crippen molar-refractivity contribution < 1.29 is 0 Å². The molecule has 2 rings (SSSR count). The van der Waals surface area contributed by atoms with Crippen LogP contribution in [0.1, 0.15) is 29.4 Å². The fraction of sp³-hybridized carbons (Fsp3) is 0.385. The number of rotatable bonds is 5. The van der Waals surface area contributed by atoms with Gasteiger partial charge in [0.1, 0.15) is 5.01 Å². The monoisotopic (exact) mass is 262 g/mol. The summed E-state index contributed by atoms with van der Waals surface area (Å²) < 4.78 is 2.12. The molecule has 0 aliphatic heterocycles. The average molecular weight is 262 g/mol. The third-order valence-electron chi connectivity index (χ3n) is 2.67. The van der Waals surface area contributed by atoms with E-state index in [1.807, 2.05) is 26.1 Å². The lowest BCUT2D eigenvalue weighted by Crippen LogP contribution is -2.11. The van der Waals surface area contributed by atoms with Crippen molar-refractivity contribution in [1.29, 1.82) is 0 Å². The smallest absolute Gasteiger partial charge is 0.203 e. The van der Waals surface area contributed by atoms with Gasteiger partial charge in [-0.3, -0.25) is 0 Å². The molecule has 96 valence electrons. The molecule has 2 aromatic rings. The lowest BCUT2D eigenvalue weighted by Gasteiger charge is -2.14. The van der Waals surface area contributed by atoms with Crippen LogP contribution in [0.3, 0.4) is 0 Å². The highest BCUT2D eigenvalue weighted by atomic mass is 32.1.